The van der Waals surface area contributed by atoms with Crippen LogP contribution < -0.4 is 5.32 Å². The number of rotatable bonds is 6. The average Bonchev–Trinajstić information content (AvgIpc) is 3.20. The van der Waals surface area contributed by atoms with Gasteiger partial charge in [0.15, 0.2) is 0 Å². The van der Waals surface area contributed by atoms with Gasteiger partial charge in [-0.05, 0) is 53.8 Å². The Morgan fingerprint density at radius 3 is 2.60 bits per heavy atom. The highest BCUT2D eigenvalue weighted by Crippen LogP contribution is 2.29. The summed E-state index contributed by atoms with van der Waals surface area (Å²) in [5.74, 6) is -1.95. The van der Waals surface area contributed by atoms with E-state index in [2.05, 4.69) is 5.32 Å². The van der Waals surface area contributed by atoms with Gasteiger partial charge in [-0.3, -0.25) is 4.79 Å². The number of carbonyl (C=O) groups excluding carboxylic acids is 1. The second kappa shape index (κ2) is 8.42. The number of carbonyl (C=O) groups is 2. The van der Waals surface area contributed by atoms with Gasteiger partial charge in [-0.25, -0.2) is 14.2 Å². The zero-order chi connectivity index (χ0) is 21.1. The number of thiophene rings is 1. The summed E-state index contributed by atoms with van der Waals surface area (Å²) in [7, 11) is 0. The molecule has 2 N–H and O–H groups in total. The van der Waals surface area contributed by atoms with Gasteiger partial charge in [-0.2, -0.15) is 0 Å². The van der Waals surface area contributed by atoms with Crippen LogP contribution in [-0.2, 0) is 6.42 Å². The molecular formula is C23H17FN2O3S. The lowest BCUT2D eigenvalue weighted by atomic mass is 10.0. The Hall–Kier alpha value is -3.58. The van der Waals surface area contributed by atoms with Crippen molar-refractivity contribution in [3.05, 3.63) is 88.6 Å². The van der Waals surface area contributed by atoms with Gasteiger partial charge >= 0.3 is 5.97 Å². The molecule has 0 bridgehead atoms. The van der Waals surface area contributed by atoms with Crippen LogP contribution in [0.4, 0.5) is 4.39 Å². The number of aromatic carboxylic acids is 1. The summed E-state index contributed by atoms with van der Waals surface area (Å²) in [5, 5.41) is 15.0. The molecule has 5 nitrogen and oxygen atoms in total. The van der Waals surface area contributed by atoms with Crippen molar-refractivity contribution in [1.82, 2.24) is 10.3 Å². The van der Waals surface area contributed by atoms with Crippen LogP contribution in [0.1, 0.15) is 26.3 Å². The van der Waals surface area contributed by atoms with Crippen molar-refractivity contribution in [2.24, 2.45) is 0 Å². The lowest BCUT2D eigenvalue weighted by Gasteiger charge is -2.11. The van der Waals surface area contributed by atoms with Crippen LogP contribution >= 0.6 is 11.3 Å². The minimum atomic E-state index is -1.15. The molecule has 2 aromatic heterocycles. The molecule has 0 atom stereocenters. The molecule has 0 spiro atoms. The molecule has 150 valence electrons. The van der Waals surface area contributed by atoms with Crippen molar-refractivity contribution in [2.45, 2.75) is 6.42 Å². The minimum absolute atomic E-state index is 0.0446. The molecule has 4 rings (SSSR count). The average molecular weight is 420 g/mol. The van der Waals surface area contributed by atoms with E-state index in [1.807, 2.05) is 17.5 Å². The van der Waals surface area contributed by atoms with Gasteiger partial charge in [-0.1, -0.05) is 24.3 Å². The number of nitrogens with zero attached hydrogens (tertiary/aromatic N) is 1. The van der Waals surface area contributed by atoms with E-state index < -0.39 is 11.9 Å². The van der Waals surface area contributed by atoms with Crippen molar-refractivity contribution < 1.29 is 19.1 Å². The summed E-state index contributed by atoms with van der Waals surface area (Å²) in [6, 6.07) is 16.3. The summed E-state index contributed by atoms with van der Waals surface area (Å²) < 4.78 is 13.8. The summed E-state index contributed by atoms with van der Waals surface area (Å²) in [5.41, 5.74) is 2.28. The molecule has 0 unspecified atom stereocenters. The van der Waals surface area contributed by atoms with Crippen molar-refractivity contribution in [2.75, 3.05) is 6.54 Å². The van der Waals surface area contributed by atoms with E-state index in [-0.39, 0.29) is 23.5 Å². The van der Waals surface area contributed by atoms with E-state index in [0.717, 1.165) is 15.8 Å². The Bertz CT molecular complexity index is 1250. The van der Waals surface area contributed by atoms with E-state index >= 15 is 0 Å². The van der Waals surface area contributed by atoms with Crippen LogP contribution in [0.15, 0.2) is 66.0 Å². The molecule has 0 aliphatic heterocycles. The number of carboxylic acid groups (broad SMARTS) is 1. The van der Waals surface area contributed by atoms with E-state index in [0.29, 0.717) is 17.7 Å². The molecule has 0 aliphatic carbocycles. The second-order valence-corrected chi connectivity index (χ2v) is 7.57. The zero-order valence-electron chi connectivity index (χ0n) is 15.8. The maximum atomic E-state index is 13.8. The molecule has 0 radical (unpaired) electrons. The highest BCUT2D eigenvalue weighted by Gasteiger charge is 2.16. The predicted octanol–water partition coefficient (Wildman–Crippen LogP) is 4.77. The fourth-order valence-corrected chi connectivity index (χ4v) is 4.04. The van der Waals surface area contributed by atoms with Crippen LogP contribution in [0.25, 0.3) is 21.5 Å². The maximum absolute atomic E-state index is 13.8. The monoisotopic (exact) mass is 420 g/mol. The molecule has 4 aromatic rings. The molecule has 0 saturated carbocycles. The Morgan fingerprint density at radius 1 is 1.03 bits per heavy atom. The van der Waals surface area contributed by atoms with E-state index in [1.165, 1.54) is 35.6 Å². The van der Waals surface area contributed by atoms with Crippen molar-refractivity contribution >= 4 is 33.4 Å². The molecule has 0 saturated heterocycles. The number of hydrogen-bond donors (Lipinski definition) is 2. The molecule has 2 aromatic carbocycles. The van der Waals surface area contributed by atoms with Gasteiger partial charge < -0.3 is 10.4 Å². The van der Waals surface area contributed by atoms with Crippen molar-refractivity contribution in [1.29, 1.82) is 0 Å². The number of halogens is 1. The van der Waals surface area contributed by atoms with E-state index in [4.69, 9.17) is 4.98 Å². The topological polar surface area (TPSA) is 79.3 Å². The van der Waals surface area contributed by atoms with Crippen LogP contribution in [-0.4, -0.2) is 28.5 Å². The number of benzene rings is 2. The molecule has 1 amide bonds. The molecule has 2 heterocycles. The minimum Gasteiger partial charge on any atom is -0.478 e. The Morgan fingerprint density at radius 2 is 1.83 bits per heavy atom. The first-order valence-corrected chi connectivity index (χ1v) is 10.1. The molecule has 7 heteroatoms. The molecule has 0 aliphatic rings. The van der Waals surface area contributed by atoms with E-state index in [1.54, 1.807) is 24.3 Å². The number of fused-ring (bicyclic) bond motifs is 1. The van der Waals surface area contributed by atoms with Gasteiger partial charge in [0.2, 0.25) is 0 Å². The van der Waals surface area contributed by atoms with Crippen LogP contribution in [0.5, 0.6) is 0 Å². The van der Waals surface area contributed by atoms with Gasteiger partial charge in [-0.15, -0.1) is 11.3 Å². The molecule has 30 heavy (non-hydrogen) atoms. The van der Waals surface area contributed by atoms with Gasteiger partial charge in [0.05, 0.1) is 16.8 Å². The Labute approximate surface area is 175 Å². The van der Waals surface area contributed by atoms with Gasteiger partial charge in [0, 0.05) is 17.5 Å². The summed E-state index contributed by atoms with van der Waals surface area (Å²) in [4.78, 5) is 29.4. The summed E-state index contributed by atoms with van der Waals surface area (Å²) >= 11 is 1.51. The normalized spacial score (nSPS) is 10.8. The van der Waals surface area contributed by atoms with Crippen molar-refractivity contribution in [3.8, 4) is 11.3 Å². The number of hydrogen-bond acceptors (Lipinski definition) is 4. The van der Waals surface area contributed by atoms with Gasteiger partial charge in [0.1, 0.15) is 10.6 Å². The molecular weight excluding hydrogens is 403 g/mol. The third kappa shape index (κ3) is 4.06. The standard InChI is InChI=1S/C23H17FN2O3S/c24-17-5-3-4-14(13-17)20-15(12-16-9-11-30-22(16)26-20)8-10-25-21(27)18-6-1-2-7-19(18)23(28)29/h1-7,9,11-13H,8,10H2,(H,25,27)(H,28,29). The largest absolute Gasteiger partial charge is 0.478 e. The third-order valence-corrected chi connectivity index (χ3v) is 5.52. The fraction of sp³-hybridized carbons (Fsp3) is 0.0870. The first-order valence-electron chi connectivity index (χ1n) is 9.26. The number of aromatic nitrogens is 1. The molecule has 0 fully saturated rings. The predicted molar refractivity (Wildman–Crippen MR) is 114 cm³/mol. The SMILES string of the molecule is O=C(O)c1ccccc1C(=O)NCCc1cc2ccsc2nc1-c1cccc(F)c1. The summed E-state index contributed by atoms with van der Waals surface area (Å²) in [6.45, 7) is 0.284. The first kappa shape index (κ1) is 19.7. The number of amides is 1. The number of carboxylic acids is 1. The fourth-order valence-electron chi connectivity index (χ4n) is 3.29. The second-order valence-electron chi connectivity index (χ2n) is 6.68. The van der Waals surface area contributed by atoms with E-state index in [9.17, 15) is 19.1 Å². The smallest absolute Gasteiger partial charge is 0.336 e. The maximum Gasteiger partial charge on any atom is 0.336 e. The zero-order valence-corrected chi connectivity index (χ0v) is 16.6. The Kier molecular flexibility index (Phi) is 5.54. The van der Waals surface area contributed by atoms with Crippen LogP contribution in [0, 0.1) is 5.82 Å². The first-order chi connectivity index (χ1) is 14.5. The highest BCUT2D eigenvalue weighted by atomic mass is 32.1. The lowest BCUT2D eigenvalue weighted by molar-refractivity contribution is 0.0691. The van der Waals surface area contributed by atoms with Gasteiger partial charge in [0.25, 0.3) is 5.91 Å². The van der Waals surface area contributed by atoms with Crippen LogP contribution in [0.2, 0.25) is 0 Å². The quantitative estimate of drug-likeness (QED) is 0.471. The lowest BCUT2D eigenvalue weighted by Crippen LogP contribution is -2.27. The van der Waals surface area contributed by atoms with Crippen LogP contribution in [0.3, 0.4) is 0 Å². The number of pyridine rings is 1. The Balaban J connectivity index is 1.58. The third-order valence-electron chi connectivity index (χ3n) is 4.70. The highest BCUT2D eigenvalue weighted by molar-refractivity contribution is 7.16. The van der Waals surface area contributed by atoms with Crippen molar-refractivity contribution in [3.63, 3.8) is 0 Å². The summed E-state index contributed by atoms with van der Waals surface area (Å²) in [6.07, 6.45) is 0.464. The number of nitrogens with one attached hydrogen (secondary N) is 1.